The van der Waals surface area contributed by atoms with Crippen molar-refractivity contribution in [2.45, 2.75) is 213 Å². The third-order valence-electron chi connectivity index (χ3n) is 15.6. The summed E-state index contributed by atoms with van der Waals surface area (Å²) in [6.45, 7) is 21.7. The SMILES string of the molecule is C#CCOCCOCCOCCOCCC(=O)N(Cc1cn(CCO[C@@H]([C@@H]2OC(C(=O)OC)=C[C@H](N=C(NC(=O)OC(C)(C)C)NC(=O)OC(C)(C)C)[C@H]2CC(C)=O)[C@H]2COC(=O)O2)nn1)Cc1cn(CCO[C@@H]([C@@H]2OC(C(=O)OC)=C[C@H](CC(=NC(=O)OC(C)(C)C)NC(=O)OC(C)(C)C)[C@H]2NC(C)=O)[C@H]2COC(=O)O2)nn1. The van der Waals surface area contributed by atoms with Crippen LogP contribution in [0.3, 0.4) is 0 Å². The molecule has 0 aromatic carbocycles. The summed E-state index contributed by atoms with van der Waals surface area (Å²) in [5.74, 6) is -4.85. The van der Waals surface area contributed by atoms with Gasteiger partial charge in [-0.3, -0.25) is 25.5 Å². The first-order valence-corrected chi connectivity index (χ1v) is 36.5. The smallest absolute Gasteiger partial charge is 0.480 e. The monoisotopic (exact) mass is 1620 g/mol. The van der Waals surface area contributed by atoms with E-state index < -0.39 is 167 Å². The number of amides is 6. The van der Waals surface area contributed by atoms with E-state index in [4.69, 9.17) is 91.7 Å². The number of guanidine groups is 1. The maximum Gasteiger partial charge on any atom is 0.508 e. The first-order valence-electron chi connectivity index (χ1n) is 36.5. The number of aromatic nitrogens is 6. The standard InChI is InChI=1S/C72H105N13O29/c1-18-22-99-26-28-101-30-31-102-29-27-100-23-19-54(88)83(36-45-38-84(81-79-45)20-24-103-57(51-40-105-67(95)109-51)56-47(32-42(2)86)48(35-50(107-56)61(90)98-17)74-62(77-65(93)113-71(10,11)12)78-66(94)114-72(13,14)15)37-46-39-85(82-80-46)21-25-104-58(52-41-106-68(96)110-52)59-55(73-43(3)87)44(33-49(108-59)60(89)97-16)34-53(75-63(91)111-69(4,5)6)76-64(92)112-70(7,8)9/h1,33,35,38-39,44,47-48,51-52,55-59H,19-32,34,36-37,40-41H2,2-17H3,(H,73,87)(H,75,76,91,92)(H2,74,77,78,93,94)/t44-,47-,48+,51-,52-,55-,56-,57-,58-,59-/m1/s1. The molecule has 0 bridgehead atoms. The zero-order valence-corrected chi connectivity index (χ0v) is 67.0. The van der Waals surface area contributed by atoms with Gasteiger partial charge < -0.3 is 100 Å². The molecule has 0 unspecified atom stereocenters. The second-order valence-electron chi connectivity index (χ2n) is 29.9. The van der Waals surface area contributed by atoms with Gasteiger partial charge in [0, 0.05) is 31.6 Å². The lowest BCUT2D eigenvalue weighted by molar-refractivity contribution is -0.155. The van der Waals surface area contributed by atoms with Gasteiger partial charge in [-0.15, -0.1) is 16.6 Å². The molecule has 4 aliphatic heterocycles. The van der Waals surface area contributed by atoms with Crippen LogP contribution in [-0.4, -0.2) is 278 Å². The number of hydrogen-bond donors (Lipinski definition) is 4. The average molecular weight is 1620 g/mol. The Balaban J connectivity index is 1.25. The minimum absolute atomic E-state index is 0.0368. The second-order valence-corrected chi connectivity index (χ2v) is 29.9. The lowest BCUT2D eigenvalue weighted by Gasteiger charge is -2.41. The van der Waals surface area contributed by atoms with Crippen LogP contribution in [0.25, 0.3) is 0 Å². The summed E-state index contributed by atoms with van der Waals surface area (Å²) in [6.07, 6.45) is -4.41. The third kappa shape index (κ3) is 32.8. The number of nitrogens with one attached hydrogen (secondary N) is 4. The number of esters is 2. The Morgan fingerprint density at radius 2 is 1.05 bits per heavy atom. The van der Waals surface area contributed by atoms with Crippen LogP contribution in [0.4, 0.5) is 28.8 Å². The molecule has 2 saturated heterocycles. The van der Waals surface area contributed by atoms with E-state index in [-0.39, 0.29) is 129 Å². The number of ketones is 1. The maximum absolute atomic E-state index is 14.4. The molecule has 42 heteroatoms. The Labute approximate surface area is 658 Å². The fraction of sp³-hybridized carbons (Fsp3) is 0.681. The molecule has 0 aliphatic carbocycles. The quantitative estimate of drug-likeness (QED) is 0.0186. The highest BCUT2D eigenvalue weighted by Gasteiger charge is 2.51. The number of alkyl carbamates (subject to hydrolysis) is 3. The Morgan fingerprint density at radius 1 is 0.596 bits per heavy atom. The molecule has 4 N–H and O–H groups in total. The lowest BCUT2D eigenvalue weighted by atomic mass is 9.82. The summed E-state index contributed by atoms with van der Waals surface area (Å²) in [7, 11) is 2.18. The van der Waals surface area contributed by atoms with Crippen molar-refractivity contribution < 1.29 is 138 Å². The molecule has 0 radical (unpaired) electrons. The number of Topliss-reactive ketones (excluding diaryl/α,β-unsaturated/α-hetero) is 1. The Morgan fingerprint density at radius 3 is 1.50 bits per heavy atom. The highest BCUT2D eigenvalue weighted by atomic mass is 16.8. The number of nitrogens with zero attached hydrogens (tertiary/aromatic N) is 9. The molecule has 114 heavy (non-hydrogen) atoms. The number of rotatable bonds is 37. The maximum atomic E-state index is 14.4. The van der Waals surface area contributed by atoms with E-state index in [0.717, 1.165) is 14.2 Å². The van der Waals surface area contributed by atoms with Gasteiger partial charge >= 0.3 is 48.6 Å². The summed E-state index contributed by atoms with van der Waals surface area (Å²) in [4.78, 5) is 156. The molecule has 4 aliphatic rings. The number of amidine groups is 1. The van der Waals surface area contributed by atoms with Crippen LogP contribution >= 0.6 is 0 Å². The van der Waals surface area contributed by atoms with E-state index in [1.165, 1.54) is 52.7 Å². The largest absolute Gasteiger partial charge is 0.508 e. The van der Waals surface area contributed by atoms with Crippen molar-refractivity contribution in [2.24, 2.45) is 21.8 Å². The van der Waals surface area contributed by atoms with Gasteiger partial charge in [0.15, 0.2) is 12.2 Å². The minimum atomic E-state index is -1.43. The molecule has 6 rings (SSSR count). The van der Waals surface area contributed by atoms with Crippen molar-refractivity contribution in [3.8, 4) is 12.3 Å². The van der Waals surface area contributed by atoms with Crippen LogP contribution in [0.15, 0.2) is 46.0 Å². The molecule has 0 spiro atoms. The van der Waals surface area contributed by atoms with Gasteiger partial charge in [0.05, 0.1) is 131 Å². The van der Waals surface area contributed by atoms with Crippen molar-refractivity contribution in [1.29, 1.82) is 0 Å². The highest BCUT2D eigenvalue weighted by Crippen LogP contribution is 2.37. The number of terminal acetylenes is 1. The second kappa shape index (κ2) is 43.6. The molecule has 2 fully saturated rings. The predicted octanol–water partition coefficient (Wildman–Crippen LogP) is 3.98. The number of carbonyl (C=O) groups excluding carboxylic acids is 11. The van der Waals surface area contributed by atoms with E-state index in [9.17, 15) is 52.7 Å². The average Bonchev–Trinajstić information content (AvgIpc) is 1.01. The molecule has 2 aromatic heterocycles. The molecule has 632 valence electrons. The fourth-order valence-electron chi connectivity index (χ4n) is 11.3. The van der Waals surface area contributed by atoms with Gasteiger partial charge in [0.1, 0.15) is 89.6 Å². The molecule has 42 nitrogen and oxygen atoms in total. The molecule has 0 saturated carbocycles. The van der Waals surface area contributed by atoms with Crippen LogP contribution in [0.5, 0.6) is 0 Å². The van der Waals surface area contributed by atoms with Crippen molar-refractivity contribution in [3.63, 3.8) is 0 Å². The van der Waals surface area contributed by atoms with Crippen molar-refractivity contribution in [2.75, 3.05) is 93.5 Å². The third-order valence-corrected chi connectivity index (χ3v) is 15.6. The Bertz CT molecular complexity index is 3770. The summed E-state index contributed by atoms with van der Waals surface area (Å²) >= 11 is 0. The van der Waals surface area contributed by atoms with E-state index in [2.05, 4.69) is 57.8 Å². The summed E-state index contributed by atoms with van der Waals surface area (Å²) in [6, 6.07) is -2.52. The van der Waals surface area contributed by atoms with Crippen LogP contribution in [0.1, 0.15) is 128 Å². The van der Waals surface area contributed by atoms with E-state index in [0.29, 0.717) is 13.2 Å². The number of hydrogen-bond acceptors (Lipinski definition) is 34. The molecule has 6 heterocycles. The Hall–Kier alpha value is -10.6. The molecule has 6 amide bonds. The van der Waals surface area contributed by atoms with E-state index in [1.807, 2.05) is 0 Å². The minimum Gasteiger partial charge on any atom is -0.480 e. The summed E-state index contributed by atoms with van der Waals surface area (Å²) < 4.78 is 104. The zero-order valence-electron chi connectivity index (χ0n) is 67.0. The van der Waals surface area contributed by atoms with E-state index >= 15 is 0 Å². The van der Waals surface area contributed by atoms with Crippen LogP contribution in [0.2, 0.25) is 0 Å². The molecule has 10 atom stereocenters. The first-order chi connectivity index (χ1) is 53.7. The Kier molecular flexibility index (Phi) is 35.3. The van der Waals surface area contributed by atoms with Crippen molar-refractivity contribution in [1.82, 2.24) is 56.2 Å². The van der Waals surface area contributed by atoms with Crippen molar-refractivity contribution in [3.05, 3.63) is 47.5 Å². The van der Waals surface area contributed by atoms with Crippen LogP contribution in [0, 0.1) is 24.2 Å². The molecular weight excluding hydrogens is 1510 g/mol. The number of methoxy groups -OCH3 is 2. The van der Waals surface area contributed by atoms with Crippen LogP contribution < -0.4 is 21.3 Å². The van der Waals surface area contributed by atoms with E-state index in [1.54, 1.807) is 83.1 Å². The zero-order chi connectivity index (χ0) is 84.1. The first kappa shape index (κ1) is 92.3. The molecular formula is C72H105N13O29. The summed E-state index contributed by atoms with van der Waals surface area (Å²) in [5.41, 5.74) is -3.52. The van der Waals surface area contributed by atoms with Gasteiger partial charge in [-0.25, -0.2) is 52.7 Å². The van der Waals surface area contributed by atoms with Gasteiger partial charge in [0.25, 0.3) is 0 Å². The van der Waals surface area contributed by atoms with Gasteiger partial charge in [-0.05, 0) is 102 Å². The number of carbonyl (C=O) groups is 11. The predicted molar refractivity (Wildman–Crippen MR) is 390 cm³/mol. The summed E-state index contributed by atoms with van der Waals surface area (Å²) in [5, 5.41) is 27.4. The van der Waals surface area contributed by atoms with Gasteiger partial charge in [-0.2, -0.15) is 4.99 Å². The highest BCUT2D eigenvalue weighted by molar-refractivity contribution is 6.02. The van der Waals surface area contributed by atoms with Gasteiger partial charge in [-0.1, -0.05) is 16.3 Å². The normalized spacial score (nSPS) is 20.1. The number of cyclic esters (lactones) is 4. The fourth-order valence-corrected chi connectivity index (χ4v) is 11.3. The lowest BCUT2D eigenvalue weighted by Crippen LogP contribution is -2.59. The van der Waals surface area contributed by atoms with Crippen molar-refractivity contribution >= 4 is 78.0 Å². The topological polar surface area (TPSA) is 491 Å². The number of ether oxygens (including phenoxy) is 18. The number of aliphatic imine (C=N–C) groups is 2. The van der Waals surface area contributed by atoms with Gasteiger partial charge in [0.2, 0.25) is 29.3 Å². The van der Waals surface area contributed by atoms with Crippen LogP contribution in [-0.2, 0) is 135 Å². The molecule has 2 aromatic rings.